The molecule has 2 aromatic rings. The fraction of sp³-hybridized carbons (Fsp3) is 0.381. The van der Waals surface area contributed by atoms with Crippen molar-refractivity contribution in [2.75, 3.05) is 43.9 Å². The molecule has 0 aliphatic rings. The lowest BCUT2D eigenvalue weighted by Crippen LogP contribution is -2.24. The van der Waals surface area contributed by atoms with Crippen molar-refractivity contribution in [3.8, 4) is 5.75 Å². The summed E-state index contributed by atoms with van der Waals surface area (Å²) >= 11 is 0. The van der Waals surface area contributed by atoms with Crippen molar-refractivity contribution in [2.24, 2.45) is 5.73 Å². The van der Waals surface area contributed by atoms with E-state index >= 15 is 0 Å². The number of nitrogens with two attached hydrogens (primary N) is 1. The van der Waals surface area contributed by atoms with Crippen LogP contribution in [0, 0.1) is 0 Å². The predicted octanol–water partition coefficient (Wildman–Crippen LogP) is 2.07. The number of hydrogen-bond acceptors (Lipinski definition) is 6. The molecule has 1 amide bonds. The Hall–Kier alpha value is -2.77. The van der Waals surface area contributed by atoms with E-state index in [9.17, 15) is 15.0 Å². The van der Waals surface area contributed by atoms with E-state index in [0.717, 1.165) is 31.6 Å². The molecule has 2 aromatic carbocycles. The van der Waals surface area contributed by atoms with Crippen LogP contribution in [0.5, 0.6) is 5.75 Å². The molecule has 0 spiro atoms. The number of phenols is 1. The zero-order valence-electron chi connectivity index (χ0n) is 16.5. The number of carbonyl (C=O) groups excluding carboxylic acids is 1. The van der Waals surface area contributed by atoms with Gasteiger partial charge in [0.15, 0.2) is 0 Å². The normalized spacial score (nSPS) is 11.8. The van der Waals surface area contributed by atoms with Gasteiger partial charge in [0, 0.05) is 38.6 Å². The number of anilines is 2. The summed E-state index contributed by atoms with van der Waals surface area (Å²) in [6, 6.07) is 12.7. The zero-order valence-corrected chi connectivity index (χ0v) is 16.5. The zero-order chi connectivity index (χ0) is 20.5. The smallest absolute Gasteiger partial charge is 0.252 e. The average Bonchev–Trinajstić information content (AvgIpc) is 2.70. The monoisotopic (exact) mass is 386 g/mol. The Bertz CT molecular complexity index is 765. The highest BCUT2D eigenvalue weighted by atomic mass is 16.3. The van der Waals surface area contributed by atoms with Crippen LogP contribution < -0.4 is 21.3 Å². The number of carbonyl (C=O) groups is 1. The number of aliphatic hydroxyl groups excluding tert-OH is 1. The first-order chi connectivity index (χ1) is 13.4. The Kier molecular flexibility index (Phi) is 8.10. The molecule has 1 unspecified atom stereocenters. The largest absolute Gasteiger partial charge is 0.507 e. The molecular weight excluding hydrogens is 356 g/mol. The Morgan fingerprint density at radius 1 is 1.18 bits per heavy atom. The quantitative estimate of drug-likeness (QED) is 0.378. The van der Waals surface area contributed by atoms with Gasteiger partial charge < -0.3 is 31.5 Å². The second-order valence-corrected chi connectivity index (χ2v) is 6.79. The molecule has 0 aliphatic heterocycles. The number of benzene rings is 2. The summed E-state index contributed by atoms with van der Waals surface area (Å²) < 4.78 is 0. The maximum absolute atomic E-state index is 11.3. The highest BCUT2D eigenvalue weighted by Crippen LogP contribution is 2.22. The number of aromatic hydroxyl groups is 1. The minimum Gasteiger partial charge on any atom is -0.507 e. The SMILES string of the molecule is CNc1ccc(N(C)CCCCNCC(O)c2ccc(O)c(C(N)=O)c2)cc1. The molecule has 0 radical (unpaired) electrons. The van der Waals surface area contributed by atoms with E-state index < -0.39 is 12.0 Å². The molecule has 0 heterocycles. The van der Waals surface area contributed by atoms with Crippen LogP contribution in [0.4, 0.5) is 11.4 Å². The fourth-order valence-corrected chi connectivity index (χ4v) is 2.93. The maximum Gasteiger partial charge on any atom is 0.252 e. The Morgan fingerprint density at radius 3 is 2.54 bits per heavy atom. The third-order valence-corrected chi connectivity index (χ3v) is 4.70. The average molecular weight is 386 g/mol. The molecule has 7 heteroatoms. The lowest BCUT2D eigenvalue weighted by molar-refractivity contribution is 0.0997. The minimum atomic E-state index is -0.771. The van der Waals surface area contributed by atoms with Crippen molar-refractivity contribution in [3.63, 3.8) is 0 Å². The molecule has 6 N–H and O–H groups in total. The molecule has 0 aromatic heterocycles. The first-order valence-corrected chi connectivity index (χ1v) is 9.43. The standard InChI is InChI=1S/C21H30N4O3/c1-23-16-6-8-17(9-7-16)25(2)12-4-3-11-24-14-20(27)15-5-10-19(26)18(13-15)21(22)28/h5-10,13,20,23-24,26-27H,3-4,11-12,14H2,1-2H3,(H2,22,28). The summed E-state index contributed by atoms with van der Waals surface area (Å²) in [5, 5.41) is 26.2. The first kappa shape index (κ1) is 21.5. The molecule has 0 saturated carbocycles. The number of rotatable bonds is 11. The van der Waals surface area contributed by atoms with E-state index in [0.29, 0.717) is 12.1 Å². The number of hydrogen-bond donors (Lipinski definition) is 5. The number of nitrogens with one attached hydrogen (secondary N) is 2. The third-order valence-electron chi connectivity index (χ3n) is 4.70. The summed E-state index contributed by atoms with van der Waals surface area (Å²) in [7, 11) is 3.98. The molecule has 0 bridgehead atoms. The molecule has 1 atom stereocenters. The molecule has 2 rings (SSSR count). The fourth-order valence-electron chi connectivity index (χ4n) is 2.93. The summed E-state index contributed by atoms with van der Waals surface area (Å²) in [5.74, 6) is -0.898. The van der Waals surface area contributed by atoms with Crippen molar-refractivity contribution in [1.29, 1.82) is 0 Å². The van der Waals surface area contributed by atoms with Gasteiger partial charge in [-0.2, -0.15) is 0 Å². The molecular formula is C21H30N4O3. The van der Waals surface area contributed by atoms with Crippen LogP contribution in [0.3, 0.4) is 0 Å². The van der Waals surface area contributed by atoms with Gasteiger partial charge in [-0.3, -0.25) is 4.79 Å². The van der Waals surface area contributed by atoms with Crippen LogP contribution in [0.25, 0.3) is 0 Å². The van der Waals surface area contributed by atoms with Crippen molar-refractivity contribution in [1.82, 2.24) is 5.32 Å². The lowest BCUT2D eigenvalue weighted by atomic mass is 10.0. The van der Waals surface area contributed by atoms with Crippen LogP contribution in [-0.4, -0.2) is 49.8 Å². The number of amides is 1. The van der Waals surface area contributed by atoms with Crippen LogP contribution in [0.15, 0.2) is 42.5 Å². The molecule has 0 saturated heterocycles. The second-order valence-electron chi connectivity index (χ2n) is 6.79. The van der Waals surface area contributed by atoms with Gasteiger partial charge in [-0.05, 0) is 61.3 Å². The van der Waals surface area contributed by atoms with E-state index in [-0.39, 0.29) is 11.3 Å². The van der Waals surface area contributed by atoms with Gasteiger partial charge in [0.2, 0.25) is 0 Å². The van der Waals surface area contributed by atoms with Gasteiger partial charge >= 0.3 is 0 Å². The third kappa shape index (κ3) is 6.14. The van der Waals surface area contributed by atoms with Crippen molar-refractivity contribution in [2.45, 2.75) is 18.9 Å². The topological polar surface area (TPSA) is 111 Å². The van der Waals surface area contributed by atoms with Gasteiger partial charge in [-0.1, -0.05) is 6.07 Å². The minimum absolute atomic E-state index is 0.0161. The van der Waals surface area contributed by atoms with Crippen LogP contribution in [0.1, 0.15) is 34.9 Å². The number of nitrogens with zero attached hydrogens (tertiary/aromatic N) is 1. The van der Waals surface area contributed by atoms with E-state index in [2.05, 4.69) is 46.8 Å². The molecule has 28 heavy (non-hydrogen) atoms. The van der Waals surface area contributed by atoms with E-state index in [1.165, 1.54) is 17.8 Å². The van der Waals surface area contributed by atoms with E-state index in [4.69, 9.17) is 5.73 Å². The second kappa shape index (κ2) is 10.5. The Balaban J connectivity index is 1.68. The Labute approximate surface area is 166 Å². The highest BCUT2D eigenvalue weighted by molar-refractivity contribution is 5.95. The summed E-state index contributed by atoms with van der Waals surface area (Å²) in [5.41, 5.74) is 8.05. The van der Waals surface area contributed by atoms with E-state index in [1.54, 1.807) is 6.07 Å². The molecule has 7 nitrogen and oxygen atoms in total. The molecule has 152 valence electrons. The predicted molar refractivity (Wildman–Crippen MR) is 113 cm³/mol. The van der Waals surface area contributed by atoms with Gasteiger partial charge in [-0.25, -0.2) is 0 Å². The summed E-state index contributed by atoms with van der Waals surface area (Å²) in [4.78, 5) is 13.5. The summed E-state index contributed by atoms with van der Waals surface area (Å²) in [6.07, 6.45) is 1.23. The highest BCUT2D eigenvalue weighted by Gasteiger charge is 2.13. The van der Waals surface area contributed by atoms with Gasteiger partial charge in [0.1, 0.15) is 5.75 Å². The van der Waals surface area contributed by atoms with Gasteiger partial charge in [0.05, 0.1) is 11.7 Å². The van der Waals surface area contributed by atoms with E-state index in [1.807, 2.05) is 7.05 Å². The Morgan fingerprint density at radius 2 is 1.89 bits per heavy atom. The van der Waals surface area contributed by atoms with Gasteiger partial charge in [0.25, 0.3) is 5.91 Å². The van der Waals surface area contributed by atoms with Crippen molar-refractivity contribution >= 4 is 17.3 Å². The van der Waals surface area contributed by atoms with Gasteiger partial charge in [-0.15, -0.1) is 0 Å². The lowest BCUT2D eigenvalue weighted by Gasteiger charge is -2.20. The van der Waals surface area contributed by atoms with Crippen molar-refractivity contribution in [3.05, 3.63) is 53.6 Å². The number of aliphatic hydroxyl groups is 1. The summed E-state index contributed by atoms with van der Waals surface area (Å²) in [6.45, 7) is 2.09. The molecule has 0 fully saturated rings. The van der Waals surface area contributed by atoms with Crippen LogP contribution in [-0.2, 0) is 0 Å². The number of primary amides is 1. The number of unbranched alkanes of at least 4 members (excludes halogenated alkanes) is 1. The van der Waals surface area contributed by atoms with Crippen LogP contribution >= 0.6 is 0 Å². The molecule has 0 aliphatic carbocycles. The first-order valence-electron chi connectivity index (χ1n) is 9.43. The van der Waals surface area contributed by atoms with Crippen LogP contribution in [0.2, 0.25) is 0 Å². The van der Waals surface area contributed by atoms with Crippen molar-refractivity contribution < 1.29 is 15.0 Å². The maximum atomic E-state index is 11.3.